The summed E-state index contributed by atoms with van der Waals surface area (Å²) in [4.78, 5) is 0. The first-order valence-corrected chi connectivity index (χ1v) is 5.15. The van der Waals surface area contributed by atoms with Crippen LogP contribution in [0.4, 0.5) is 0 Å². The molecule has 1 saturated heterocycles. The van der Waals surface area contributed by atoms with Gasteiger partial charge in [0.15, 0.2) is 0 Å². The summed E-state index contributed by atoms with van der Waals surface area (Å²) < 4.78 is 5.82. The molecule has 0 aliphatic carbocycles. The van der Waals surface area contributed by atoms with Crippen molar-refractivity contribution in [2.45, 2.75) is 31.9 Å². The van der Waals surface area contributed by atoms with Gasteiger partial charge in [-0.05, 0) is 26.3 Å². The van der Waals surface area contributed by atoms with Gasteiger partial charge in [-0.15, -0.1) is 11.8 Å². The van der Waals surface area contributed by atoms with E-state index < -0.39 is 0 Å². The summed E-state index contributed by atoms with van der Waals surface area (Å²) in [5.41, 5.74) is 0. The fraction of sp³-hybridized carbons (Fsp3) is 0.778. The Balaban J connectivity index is 2.74. The highest BCUT2D eigenvalue weighted by Gasteiger charge is 2.31. The predicted octanol–water partition coefficient (Wildman–Crippen LogP) is 2.82. The quantitative estimate of drug-likeness (QED) is 0.601. The Morgan fingerprint density at radius 1 is 1.73 bits per heavy atom. The van der Waals surface area contributed by atoms with Crippen molar-refractivity contribution in [3.8, 4) is 0 Å². The minimum Gasteiger partial charge on any atom is -0.496 e. The Kier molecular flexibility index (Phi) is 2.88. The highest BCUT2D eigenvalue weighted by Crippen LogP contribution is 2.39. The standard InChI is InChI=1S/C9H16OS/c1-4-8-9(3,5-2)11-7-6-10-8/h4H,5-7H2,1-3H3/b8-4-. The first-order valence-electron chi connectivity index (χ1n) is 4.16. The van der Waals surface area contributed by atoms with Crippen LogP contribution >= 0.6 is 11.8 Å². The smallest absolute Gasteiger partial charge is 0.107 e. The van der Waals surface area contributed by atoms with E-state index >= 15 is 0 Å². The third kappa shape index (κ3) is 1.73. The van der Waals surface area contributed by atoms with Gasteiger partial charge in [-0.2, -0.15) is 0 Å². The van der Waals surface area contributed by atoms with Crippen molar-refractivity contribution in [3.05, 3.63) is 11.8 Å². The highest BCUT2D eigenvalue weighted by atomic mass is 32.2. The van der Waals surface area contributed by atoms with Crippen LogP contribution in [0.5, 0.6) is 0 Å². The van der Waals surface area contributed by atoms with Gasteiger partial charge in [0.1, 0.15) is 5.76 Å². The van der Waals surface area contributed by atoms with Crippen LogP contribution in [0.15, 0.2) is 11.8 Å². The lowest BCUT2D eigenvalue weighted by Crippen LogP contribution is -2.29. The maximum Gasteiger partial charge on any atom is 0.107 e. The van der Waals surface area contributed by atoms with E-state index in [-0.39, 0.29) is 4.75 Å². The van der Waals surface area contributed by atoms with E-state index in [1.807, 2.05) is 11.8 Å². The molecule has 0 spiro atoms. The van der Waals surface area contributed by atoms with E-state index in [9.17, 15) is 0 Å². The molecule has 1 fully saturated rings. The van der Waals surface area contributed by atoms with Crippen LogP contribution in [0.25, 0.3) is 0 Å². The van der Waals surface area contributed by atoms with Crippen molar-refractivity contribution in [1.29, 1.82) is 0 Å². The van der Waals surface area contributed by atoms with Gasteiger partial charge in [0.25, 0.3) is 0 Å². The van der Waals surface area contributed by atoms with Gasteiger partial charge in [0, 0.05) is 5.75 Å². The molecule has 1 nitrogen and oxygen atoms in total. The summed E-state index contributed by atoms with van der Waals surface area (Å²) in [5.74, 6) is 2.29. The zero-order valence-corrected chi connectivity index (χ0v) is 8.33. The summed E-state index contributed by atoms with van der Waals surface area (Å²) in [6.45, 7) is 7.40. The van der Waals surface area contributed by atoms with Crippen molar-refractivity contribution in [2.24, 2.45) is 0 Å². The lowest BCUT2D eigenvalue weighted by molar-refractivity contribution is 0.195. The van der Waals surface area contributed by atoms with Crippen LogP contribution in [-0.4, -0.2) is 17.1 Å². The molecule has 1 heterocycles. The van der Waals surface area contributed by atoms with E-state index in [2.05, 4.69) is 26.8 Å². The number of ether oxygens (including phenoxy) is 1. The SMILES string of the molecule is C/C=C1\OCCSC1(C)CC. The molecule has 0 saturated carbocycles. The molecule has 1 aliphatic heterocycles. The van der Waals surface area contributed by atoms with Crippen molar-refractivity contribution in [2.75, 3.05) is 12.4 Å². The lowest BCUT2D eigenvalue weighted by Gasteiger charge is -2.34. The fourth-order valence-corrected chi connectivity index (χ4v) is 2.45. The van der Waals surface area contributed by atoms with Gasteiger partial charge in [0.2, 0.25) is 0 Å². The topological polar surface area (TPSA) is 9.23 Å². The number of hydrogen-bond donors (Lipinski definition) is 0. The Morgan fingerprint density at radius 2 is 2.45 bits per heavy atom. The predicted molar refractivity (Wildman–Crippen MR) is 50.9 cm³/mol. The van der Waals surface area contributed by atoms with Crippen LogP contribution < -0.4 is 0 Å². The maximum atomic E-state index is 5.57. The molecular weight excluding hydrogens is 156 g/mol. The lowest BCUT2D eigenvalue weighted by atomic mass is 10.1. The van der Waals surface area contributed by atoms with Crippen LogP contribution in [0, 0.1) is 0 Å². The molecule has 1 unspecified atom stereocenters. The summed E-state index contributed by atoms with van der Waals surface area (Å²) in [5, 5.41) is 0. The van der Waals surface area contributed by atoms with Crippen LogP contribution in [-0.2, 0) is 4.74 Å². The highest BCUT2D eigenvalue weighted by molar-refractivity contribution is 8.00. The van der Waals surface area contributed by atoms with Gasteiger partial charge in [0.05, 0.1) is 11.4 Å². The van der Waals surface area contributed by atoms with E-state index in [1.54, 1.807) is 0 Å². The number of hydrogen-bond acceptors (Lipinski definition) is 2. The zero-order valence-electron chi connectivity index (χ0n) is 7.52. The minimum absolute atomic E-state index is 0.243. The van der Waals surface area contributed by atoms with E-state index in [1.165, 1.54) is 0 Å². The van der Waals surface area contributed by atoms with Gasteiger partial charge < -0.3 is 4.74 Å². The van der Waals surface area contributed by atoms with Crippen LogP contribution in [0.2, 0.25) is 0 Å². The molecule has 0 radical (unpaired) electrons. The molecular formula is C9H16OS. The molecule has 64 valence electrons. The largest absolute Gasteiger partial charge is 0.496 e. The van der Waals surface area contributed by atoms with Crippen molar-refractivity contribution >= 4 is 11.8 Å². The average Bonchev–Trinajstić information content (AvgIpc) is 2.05. The van der Waals surface area contributed by atoms with Gasteiger partial charge in [-0.3, -0.25) is 0 Å². The van der Waals surface area contributed by atoms with Gasteiger partial charge in [-0.25, -0.2) is 0 Å². The molecule has 0 amide bonds. The third-order valence-electron chi connectivity index (χ3n) is 2.22. The summed E-state index contributed by atoms with van der Waals surface area (Å²) in [6, 6.07) is 0. The second-order valence-corrected chi connectivity index (χ2v) is 4.53. The summed E-state index contributed by atoms with van der Waals surface area (Å²) in [6.07, 6.45) is 3.24. The number of allylic oxidation sites excluding steroid dienone is 1. The van der Waals surface area contributed by atoms with E-state index in [4.69, 9.17) is 4.74 Å². The minimum atomic E-state index is 0.243. The molecule has 0 aromatic carbocycles. The molecule has 0 aromatic heterocycles. The second-order valence-electron chi connectivity index (χ2n) is 2.93. The van der Waals surface area contributed by atoms with Gasteiger partial charge in [-0.1, -0.05) is 6.92 Å². The average molecular weight is 172 g/mol. The Hall–Kier alpha value is -0.110. The van der Waals surface area contributed by atoms with Crippen molar-refractivity contribution in [1.82, 2.24) is 0 Å². The first kappa shape index (κ1) is 8.98. The molecule has 1 rings (SSSR count). The van der Waals surface area contributed by atoms with Crippen molar-refractivity contribution < 1.29 is 4.74 Å². The number of rotatable bonds is 1. The normalized spacial score (nSPS) is 35.4. The number of thioether (sulfide) groups is 1. The molecule has 1 atom stereocenters. The molecule has 0 aromatic rings. The Morgan fingerprint density at radius 3 is 2.91 bits per heavy atom. The molecule has 0 bridgehead atoms. The summed E-state index contributed by atoms with van der Waals surface area (Å²) >= 11 is 2.00. The third-order valence-corrected chi connectivity index (χ3v) is 3.72. The Labute approximate surface area is 73.2 Å². The molecule has 11 heavy (non-hydrogen) atoms. The molecule has 2 heteroatoms. The maximum absolute atomic E-state index is 5.57. The zero-order chi connectivity index (χ0) is 8.32. The van der Waals surface area contributed by atoms with Crippen molar-refractivity contribution in [3.63, 3.8) is 0 Å². The monoisotopic (exact) mass is 172 g/mol. The molecule has 0 N–H and O–H groups in total. The second kappa shape index (κ2) is 3.53. The summed E-state index contributed by atoms with van der Waals surface area (Å²) in [7, 11) is 0. The van der Waals surface area contributed by atoms with Crippen LogP contribution in [0.1, 0.15) is 27.2 Å². The van der Waals surface area contributed by atoms with E-state index in [0.29, 0.717) is 0 Å². The first-order chi connectivity index (χ1) is 5.23. The fourth-order valence-electron chi connectivity index (χ4n) is 1.31. The van der Waals surface area contributed by atoms with E-state index in [0.717, 1.165) is 24.5 Å². The van der Waals surface area contributed by atoms with Gasteiger partial charge >= 0.3 is 0 Å². The Bertz CT molecular complexity index is 165. The van der Waals surface area contributed by atoms with Crippen LogP contribution in [0.3, 0.4) is 0 Å². The molecule has 1 aliphatic rings.